The largest absolute Gasteiger partial charge is 0.474 e. The van der Waals surface area contributed by atoms with Crippen molar-refractivity contribution >= 4 is 28.8 Å². The Morgan fingerprint density at radius 1 is 1.35 bits per heavy atom. The molecule has 2 aromatic heterocycles. The number of hydrogen-bond acceptors (Lipinski definition) is 6. The van der Waals surface area contributed by atoms with Gasteiger partial charge < -0.3 is 14.4 Å². The third-order valence-electron chi connectivity index (χ3n) is 3.59. The van der Waals surface area contributed by atoms with Gasteiger partial charge in [-0.25, -0.2) is 4.98 Å². The zero-order chi connectivity index (χ0) is 16.2. The van der Waals surface area contributed by atoms with Crippen LogP contribution in [0.2, 0.25) is 4.34 Å². The van der Waals surface area contributed by atoms with Gasteiger partial charge in [-0.1, -0.05) is 11.6 Å². The van der Waals surface area contributed by atoms with Crippen molar-refractivity contribution in [2.75, 3.05) is 20.2 Å². The van der Waals surface area contributed by atoms with Gasteiger partial charge in [0.05, 0.1) is 16.3 Å². The lowest BCUT2D eigenvalue weighted by Crippen LogP contribution is -2.41. The van der Waals surface area contributed by atoms with Crippen LogP contribution in [-0.2, 0) is 0 Å². The molecule has 1 saturated heterocycles. The fourth-order valence-corrected chi connectivity index (χ4v) is 3.43. The molecule has 3 heterocycles. The highest BCUT2D eigenvalue weighted by molar-refractivity contribution is 7.17. The maximum atomic E-state index is 12.4. The molecular formula is C15H16ClN3O3S. The summed E-state index contributed by atoms with van der Waals surface area (Å²) in [5, 5.41) is 0. The number of nitrogens with zero attached hydrogens (tertiary/aromatic N) is 3. The first-order valence-corrected chi connectivity index (χ1v) is 8.43. The Kier molecular flexibility index (Phi) is 4.97. The number of carbonyl (C=O) groups excluding carboxylic acids is 1. The predicted molar refractivity (Wildman–Crippen MR) is 87.5 cm³/mol. The van der Waals surface area contributed by atoms with Gasteiger partial charge in [-0.3, -0.25) is 4.79 Å². The van der Waals surface area contributed by atoms with E-state index in [1.54, 1.807) is 24.4 Å². The van der Waals surface area contributed by atoms with Crippen molar-refractivity contribution in [3.8, 4) is 11.9 Å². The summed E-state index contributed by atoms with van der Waals surface area (Å²) in [6.07, 6.45) is 3.15. The number of thiophene rings is 1. The van der Waals surface area contributed by atoms with Gasteiger partial charge in [0, 0.05) is 38.2 Å². The molecule has 0 radical (unpaired) electrons. The van der Waals surface area contributed by atoms with Crippen molar-refractivity contribution in [1.82, 2.24) is 14.9 Å². The van der Waals surface area contributed by atoms with Crippen LogP contribution in [-0.4, -0.2) is 47.1 Å². The van der Waals surface area contributed by atoms with Crippen LogP contribution in [0.25, 0.3) is 0 Å². The number of aromatic nitrogens is 2. The quantitative estimate of drug-likeness (QED) is 0.845. The summed E-state index contributed by atoms with van der Waals surface area (Å²) in [5.41, 5.74) is 0. The number of hydrogen-bond donors (Lipinski definition) is 0. The Bertz CT molecular complexity index is 686. The molecule has 2 aromatic rings. The van der Waals surface area contributed by atoms with Crippen molar-refractivity contribution in [3.05, 3.63) is 33.6 Å². The number of rotatable bonds is 4. The van der Waals surface area contributed by atoms with Crippen LogP contribution >= 0.6 is 22.9 Å². The van der Waals surface area contributed by atoms with E-state index in [9.17, 15) is 4.79 Å². The molecule has 0 unspecified atom stereocenters. The molecule has 0 aliphatic carbocycles. The average Bonchev–Trinajstić information content (AvgIpc) is 3.01. The number of piperidine rings is 1. The number of amides is 1. The molecule has 23 heavy (non-hydrogen) atoms. The number of carbonyl (C=O) groups is 1. The van der Waals surface area contributed by atoms with E-state index in [0.717, 1.165) is 12.8 Å². The molecule has 0 N–H and O–H groups in total. The lowest BCUT2D eigenvalue weighted by molar-refractivity contribution is 0.0591. The highest BCUT2D eigenvalue weighted by Crippen LogP contribution is 2.25. The summed E-state index contributed by atoms with van der Waals surface area (Å²) in [5.74, 6) is 0.524. The van der Waals surface area contributed by atoms with E-state index < -0.39 is 0 Å². The first-order chi connectivity index (χ1) is 11.2. The van der Waals surface area contributed by atoms with E-state index in [1.165, 1.54) is 18.4 Å². The second-order valence-electron chi connectivity index (χ2n) is 5.09. The van der Waals surface area contributed by atoms with Gasteiger partial charge in [0.25, 0.3) is 5.91 Å². The molecular weight excluding hydrogens is 338 g/mol. The van der Waals surface area contributed by atoms with Gasteiger partial charge >= 0.3 is 6.01 Å². The van der Waals surface area contributed by atoms with Crippen molar-refractivity contribution in [3.63, 3.8) is 0 Å². The van der Waals surface area contributed by atoms with E-state index in [-0.39, 0.29) is 18.0 Å². The third kappa shape index (κ3) is 3.92. The molecule has 0 aromatic carbocycles. The highest BCUT2D eigenvalue weighted by atomic mass is 35.5. The lowest BCUT2D eigenvalue weighted by atomic mass is 10.1. The predicted octanol–water partition coefficient (Wildman–Crippen LogP) is 2.88. The molecule has 0 saturated carbocycles. The summed E-state index contributed by atoms with van der Waals surface area (Å²) in [6, 6.07) is 5.50. The minimum absolute atomic E-state index is 0.0315. The number of likely N-dealkylation sites (tertiary alicyclic amines) is 1. The van der Waals surface area contributed by atoms with Crippen LogP contribution < -0.4 is 9.47 Å². The molecule has 1 fully saturated rings. The second kappa shape index (κ2) is 7.14. The number of methoxy groups -OCH3 is 1. The van der Waals surface area contributed by atoms with Crippen LogP contribution in [0.5, 0.6) is 11.9 Å². The minimum Gasteiger partial charge on any atom is -0.474 e. The lowest BCUT2D eigenvalue weighted by Gasteiger charge is -2.31. The molecule has 3 rings (SSSR count). The van der Waals surface area contributed by atoms with E-state index in [2.05, 4.69) is 9.97 Å². The van der Waals surface area contributed by atoms with Gasteiger partial charge in [-0.2, -0.15) is 4.98 Å². The van der Waals surface area contributed by atoms with Crippen molar-refractivity contribution < 1.29 is 14.3 Å². The monoisotopic (exact) mass is 353 g/mol. The molecule has 0 spiro atoms. The van der Waals surface area contributed by atoms with Crippen LogP contribution in [0.3, 0.4) is 0 Å². The molecule has 1 aliphatic rings. The standard InChI is InChI=1S/C15H16ClN3O3S/c1-21-15-17-7-4-13(18-15)22-10-5-8-19(9-6-10)14(20)11-2-3-12(16)23-11/h2-4,7,10H,5-6,8-9H2,1H3. The Morgan fingerprint density at radius 2 is 2.13 bits per heavy atom. The molecule has 1 amide bonds. The maximum absolute atomic E-state index is 12.4. The first-order valence-electron chi connectivity index (χ1n) is 7.24. The summed E-state index contributed by atoms with van der Waals surface area (Å²) in [7, 11) is 1.51. The summed E-state index contributed by atoms with van der Waals surface area (Å²) >= 11 is 7.20. The Morgan fingerprint density at radius 3 is 2.78 bits per heavy atom. The third-order valence-corrected chi connectivity index (χ3v) is 4.81. The van der Waals surface area contributed by atoms with Crippen LogP contribution in [0.15, 0.2) is 24.4 Å². The van der Waals surface area contributed by atoms with Gasteiger partial charge in [-0.15, -0.1) is 11.3 Å². The summed E-state index contributed by atoms with van der Waals surface area (Å²) in [6.45, 7) is 1.31. The molecule has 8 heteroatoms. The Labute approximate surface area is 143 Å². The van der Waals surface area contributed by atoms with E-state index in [4.69, 9.17) is 21.1 Å². The molecule has 0 atom stereocenters. The van der Waals surface area contributed by atoms with Crippen LogP contribution in [0.4, 0.5) is 0 Å². The Balaban J connectivity index is 1.55. The second-order valence-corrected chi connectivity index (χ2v) is 6.81. The van der Waals surface area contributed by atoms with Gasteiger partial charge in [0.15, 0.2) is 0 Å². The van der Waals surface area contributed by atoms with Gasteiger partial charge in [0.1, 0.15) is 6.10 Å². The SMILES string of the molecule is COc1nccc(OC2CCN(C(=O)c3ccc(Cl)s3)CC2)n1. The average molecular weight is 354 g/mol. The number of ether oxygens (including phenoxy) is 2. The van der Waals surface area contributed by atoms with Crippen LogP contribution in [0, 0.1) is 0 Å². The molecule has 6 nitrogen and oxygen atoms in total. The first kappa shape index (κ1) is 16.0. The fourth-order valence-electron chi connectivity index (χ4n) is 2.42. The summed E-state index contributed by atoms with van der Waals surface area (Å²) < 4.78 is 11.5. The van der Waals surface area contributed by atoms with Crippen molar-refractivity contribution in [1.29, 1.82) is 0 Å². The summed E-state index contributed by atoms with van der Waals surface area (Å²) in [4.78, 5) is 23.0. The number of halogens is 1. The zero-order valence-corrected chi connectivity index (χ0v) is 14.1. The molecule has 0 bridgehead atoms. The van der Waals surface area contributed by atoms with Crippen LogP contribution in [0.1, 0.15) is 22.5 Å². The Hall–Kier alpha value is -1.86. The minimum atomic E-state index is 0.0315. The molecule has 1 aliphatic heterocycles. The maximum Gasteiger partial charge on any atom is 0.319 e. The smallest absolute Gasteiger partial charge is 0.319 e. The van der Waals surface area contributed by atoms with E-state index >= 15 is 0 Å². The van der Waals surface area contributed by atoms with E-state index in [0.29, 0.717) is 28.2 Å². The fraction of sp³-hybridized carbons (Fsp3) is 0.400. The van der Waals surface area contributed by atoms with Crippen molar-refractivity contribution in [2.45, 2.75) is 18.9 Å². The highest BCUT2D eigenvalue weighted by Gasteiger charge is 2.25. The zero-order valence-electron chi connectivity index (χ0n) is 12.6. The van der Waals surface area contributed by atoms with Crippen molar-refractivity contribution in [2.24, 2.45) is 0 Å². The topological polar surface area (TPSA) is 64.6 Å². The molecule has 122 valence electrons. The van der Waals surface area contributed by atoms with Gasteiger partial charge in [-0.05, 0) is 12.1 Å². The van der Waals surface area contributed by atoms with E-state index in [1.807, 2.05) is 4.90 Å². The normalized spacial score (nSPS) is 15.5. The van der Waals surface area contributed by atoms with Gasteiger partial charge in [0.2, 0.25) is 5.88 Å².